The molecule has 2 rings (SSSR count). The van der Waals surface area contributed by atoms with Crippen molar-refractivity contribution in [2.75, 3.05) is 6.54 Å². The van der Waals surface area contributed by atoms with Crippen LogP contribution in [0.25, 0.3) is 10.6 Å². The Kier molecular flexibility index (Phi) is 5.58. The minimum atomic E-state index is 0.621. The topological polar surface area (TPSA) is 24.9 Å². The number of rotatable bonds is 6. The molecular weight excluding hydrogens is 288 g/mol. The van der Waals surface area contributed by atoms with Gasteiger partial charge in [-0.2, -0.15) is 0 Å². The van der Waals surface area contributed by atoms with Crippen LogP contribution in [0.4, 0.5) is 0 Å². The van der Waals surface area contributed by atoms with Gasteiger partial charge >= 0.3 is 0 Å². The lowest BCUT2D eigenvalue weighted by Gasteiger charge is -2.04. The first-order valence-corrected chi connectivity index (χ1v) is 8.24. The van der Waals surface area contributed by atoms with Crippen LogP contribution in [0.3, 0.4) is 0 Å². The highest BCUT2D eigenvalue weighted by atomic mass is 35.5. The molecule has 0 amide bonds. The fourth-order valence-electron chi connectivity index (χ4n) is 2.02. The third-order valence-electron chi connectivity index (χ3n) is 3.01. The number of hydrogen-bond acceptors (Lipinski definition) is 3. The molecule has 0 aliphatic carbocycles. The van der Waals surface area contributed by atoms with E-state index < -0.39 is 0 Å². The Bertz CT molecular complexity index is 546. The van der Waals surface area contributed by atoms with Gasteiger partial charge < -0.3 is 5.32 Å². The molecule has 0 atom stereocenters. The molecule has 0 fully saturated rings. The number of hydrogen-bond donors (Lipinski definition) is 1. The second kappa shape index (κ2) is 7.21. The first-order valence-electron chi connectivity index (χ1n) is 7.05. The van der Waals surface area contributed by atoms with Crippen LogP contribution in [-0.4, -0.2) is 11.5 Å². The van der Waals surface area contributed by atoms with E-state index in [1.54, 1.807) is 11.3 Å². The average molecular weight is 309 g/mol. The Labute approximate surface area is 130 Å². The summed E-state index contributed by atoms with van der Waals surface area (Å²) in [6.45, 7) is 8.49. The van der Waals surface area contributed by atoms with E-state index in [0.717, 1.165) is 35.1 Å². The standard InChI is InChI=1S/C16H21ClN2S/c1-4-18-10-15-14(9-11(2)3)19-16(20-15)12-5-7-13(17)8-6-12/h5-8,11,18H,4,9-10H2,1-3H3. The van der Waals surface area contributed by atoms with Crippen LogP contribution >= 0.6 is 22.9 Å². The molecule has 1 heterocycles. The van der Waals surface area contributed by atoms with E-state index in [-0.39, 0.29) is 0 Å². The maximum atomic E-state index is 5.95. The van der Waals surface area contributed by atoms with Crippen molar-refractivity contribution < 1.29 is 0 Å². The monoisotopic (exact) mass is 308 g/mol. The maximum Gasteiger partial charge on any atom is 0.123 e. The number of nitrogens with one attached hydrogen (secondary N) is 1. The minimum Gasteiger partial charge on any atom is -0.312 e. The predicted molar refractivity (Wildman–Crippen MR) is 88.5 cm³/mol. The van der Waals surface area contributed by atoms with E-state index >= 15 is 0 Å². The normalized spacial score (nSPS) is 11.2. The van der Waals surface area contributed by atoms with Gasteiger partial charge in [0.05, 0.1) is 5.69 Å². The Hall–Kier alpha value is -0.900. The Morgan fingerprint density at radius 3 is 2.55 bits per heavy atom. The summed E-state index contributed by atoms with van der Waals surface area (Å²) in [5.41, 5.74) is 2.38. The van der Waals surface area contributed by atoms with Gasteiger partial charge in [0.25, 0.3) is 0 Å². The SMILES string of the molecule is CCNCc1sc(-c2ccc(Cl)cc2)nc1CC(C)C. The molecule has 1 aromatic carbocycles. The van der Waals surface area contributed by atoms with Gasteiger partial charge in [-0.25, -0.2) is 4.98 Å². The molecule has 2 nitrogen and oxygen atoms in total. The molecule has 1 aromatic heterocycles. The first-order chi connectivity index (χ1) is 9.60. The van der Waals surface area contributed by atoms with E-state index in [4.69, 9.17) is 16.6 Å². The molecule has 2 aromatic rings. The summed E-state index contributed by atoms with van der Waals surface area (Å²) in [5.74, 6) is 0.621. The van der Waals surface area contributed by atoms with Gasteiger partial charge in [-0.3, -0.25) is 0 Å². The van der Waals surface area contributed by atoms with Crippen molar-refractivity contribution in [2.45, 2.75) is 33.7 Å². The molecular formula is C16H21ClN2S. The number of halogens is 1. The molecule has 0 aliphatic rings. The van der Waals surface area contributed by atoms with Gasteiger partial charge in [-0.15, -0.1) is 11.3 Å². The van der Waals surface area contributed by atoms with Gasteiger partial charge in [0, 0.05) is 22.0 Å². The van der Waals surface area contributed by atoms with Gasteiger partial charge in [0.15, 0.2) is 0 Å². The summed E-state index contributed by atoms with van der Waals surface area (Å²) in [6.07, 6.45) is 1.03. The first kappa shape index (κ1) is 15.5. The largest absolute Gasteiger partial charge is 0.312 e. The third kappa shape index (κ3) is 4.05. The van der Waals surface area contributed by atoms with E-state index in [1.807, 2.05) is 24.3 Å². The van der Waals surface area contributed by atoms with Crippen molar-refractivity contribution in [1.29, 1.82) is 0 Å². The van der Waals surface area contributed by atoms with Crippen molar-refractivity contribution in [3.63, 3.8) is 0 Å². The average Bonchev–Trinajstić information content (AvgIpc) is 2.79. The number of aromatic nitrogens is 1. The summed E-state index contributed by atoms with van der Waals surface area (Å²) in [6, 6.07) is 7.92. The van der Waals surface area contributed by atoms with E-state index in [2.05, 4.69) is 26.1 Å². The van der Waals surface area contributed by atoms with E-state index in [1.165, 1.54) is 10.6 Å². The fourth-order valence-corrected chi connectivity index (χ4v) is 3.21. The molecule has 0 saturated heterocycles. The molecule has 0 spiro atoms. The summed E-state index contributed by atoms with van der Waals surface area (Å²) < 4.78 is 0. The van der Waals surface area contributed by atoms with Crippen molar-refractivity contribution in [1.82, 2.24) is 10.3 Å². The van der Waals surface area contributed by atoms with Crippen LogP contribution in [0.15, 0.2) is 24.3 Å². The Morgan fingerprint density at radius 1 is 1.25 bits per heavy atom. The quantitative estimate of drug-likeness (QED) is 0.831. The second-order valence-electron chi connectivity index (χ2n) is 5.27. The van der Waals surface area contributed by atoms with Gasteiger partial charge in [0.1, 0.15) is 5.01 Å². The van der Waals surface area contributed by atoms with Crippen molar-refractivity contribution in [3.8, 4) is 10.6 Å². The minimum absolute atomic E-state index is 0.621. The molecule has 0 aliphatic heterocycles. The zero-order chi connectivity index (χ0) is 14.5. The fraction of sp³-hybridized carbons (Fsp3) is 0.438. The predicted octanol–water partition coefficient (Wildman–Crippen LogP) is 4.77. The zero-order valence-corrected chi connectivity index (χ0v) is 13.8. The van der Waals surface area contributed by atoms with Crippen molar-refractivity contribution in [2.24, 2.45) is 5.92 Å². The summed E-state index contributed by atoms with van der Waals surface area (Å²) in [5, 5.41) is 5.25. The van der Waals surface area contributed by atoms with E-state index in [9.17, 15) is 0 Å². The molecule has 20 heavy (non-hydrogen) atoms. The highest BCUT2D eigenvalue weighted by Crippen LogP contribution is 2.30. The molecule has 0 saturated carbocycles. The van der Waals surface area contributed by atoms with Gasteiger partial charge in [-0.1, -0.05) is 44.5 Å². The molecule has 0 radical (unpaired) electrons. The van der Waals surface area contributed by atoms with Crippen molar-refractivity contribution >= 4 is 22.9 Å². The highest BCUT2D eigenvalue weighted by molar-refractivity contribution is 7.15. The van der Waals surface area contributed by atoms with Crippen molar-refractivity contribution in [3.05, 3.63) is 39.9 Å². The summed E-state index contributed by atoms with van der Waals surface area (Å²) in [4.78, 5) is 6.19. The smallest absolute Gasteiger partial charge is 0.123 e. The number of benzene rings is 1. The maximum absolute atomic E-state index is 5.95. The molecule has 4 heteroatoms. The molecule has 0 unspecified atom stereocenters. The lowest BCUT2D eigenvalue weighted by molar-refractivity contribution is 0.628. The lowest BCUT2D eigenvalue weighted by atomic mass is 10.1. The van der Waals surface area contributed by atoms with Gasteiger partial charge in [-0.05, 0) is 31.0 Å². The van der Waals surface area contributed by atoms with Crippen LogP contribution < -0.4 is 5.32 Å². The number of thiazole rings is 1. The van der Waals surface area contributed by atoms with Crippen LogP contribution in [0.1, 0.15) is 31.3 Å². The Morgan fingerprint density at radius 2 is 1.95 bits per heavy atom. The Balaban J connectivity index is 2.29. The lowest BCUT2D eigenvalue weighted by Crippen LogP contribution is -2.12. The van der Waals surface area contributed by atoms with Crippen LogP contribution in [-0.2, 0) is 13.0 Å². The summed E-state index contributed by atoms with van der Waals surface area (Å²) >= 11 is 7.73. The zero-order valence-electron chi connectivity index (χ0n) is 12.2. The van der Waals surface area contributed by atoms with Crippen LogP contribution in [0, 0.1) is 5.92 Å². The third-order valence-corrected chi connectivity index (χ3v) is 4.41. The molecule has 0 bridgehead atoms. The van der Waals surface area contributed by atoms with Crippen LogP contribution in [0.5, 0.6) is 0 Å². The highest BCUT2D eigenvalue weighted by Gasteiger charge is 2.13. The molecule has 1 N–H and O–H groups in total. The van der Waals surface area contributed by atoms with Gasteiger partial charge in [0.2, 0.25) is 0 Å². The molecule has 108 valence electrons. The second-order valence-corrected chi connectivity index (χ2v) is 6.79. The number of nitrogens with zero attached hydrogens (tertiary/aromatic N) is 1. The van der Waals surface area contributed by atoms with E-state index in [0.29, 0.717) is 5.92 Å². The van der Waals surface area contributed by atoms with Crippen LogP contribution in [0.2, 0.25) is 5.02 Å². The summed E-state index contributed by atoms with van der Waals surface area (Å²) in [7, 11) is 0.